The molecule has 1 amide bonds. The third kappa shape index (κ3) is 6.12. The average molecular weight is 631 g/mol. The summed E-state index contributed by atoms with van der Waals surface area (Å²) < 4.78 is 0.836. The van der Waals surface area contributed by atoms with Gasteiger partial charge in [0.25, 0.3) is 0 Å². The molecule has 4 unspecified atom stereocenters. The van der Waals surface area contributed by atoms with Crippen LogP contribution in [-0.2, 0) is 4.79 Å². The highest BCUT2D eigenvalue weighted by atomic mass is 127. The Morgan fingerprint density at radius 1 is 1.11 bits per heavy atom. The van der Waals surface area contributed by atoms with E-state index in [2.05, 4.69) is 46.8 Å². The first kappa shape index (κ1) is 31.3. The molecule has 4 saturated carbocycles. The topological polar surface area (TPSA) is 69.6 Å². The minimum atomic E-state index is -0.250. The molecule has 0 aromatic carbocycles. The average Bonchev–Trinajstić information content (AvgIpc) is 3.17. The highest BCUT2D eigenvalue weighted by Crippen LogP contribution is 2.68. The number of aliphatic hydroxyl groups excluding tert-OH is 2. The summed E-state index contributed by atoms with van der Waals surface area (Å²) in [5, 5.41) is 25.2. The zero-order valence-corrected chi connectivity index (χ0v) is 26.4. The van der Waals surface area contributed by atoms with Gasteiger partial charge >= 0.3 is 0 Å². The molecule has 0 aliphatic heterocycles. The van der Waals surface area contributed by atoms with E-state index in [-0.39, 0.29) is 52.9 Å². The van der Waals surface area contributed by atoms with E-state index in [1.54, 1.807) is 0 Å². The lowest BCUT2D eigenvalue weighted by atomic mass is 9.43. The van der Waals surface area contributed by atoms with Gasteiger partial charge in [0.05, 0.1) is 45.9 Å². The molecule has 0 heterocycles. The molecule has 0 bridgehead atoms. The number of aliphatic hydroxyl groups is 2. The fraction of sp³-hybridized carbons (Fsp3) is 0.903. The van der Waals surface area contributed by atoms with Gasteiger partial charge in [-0.25, -0.2) is 0 Å². The van der Waals surface area contributed by atoms with Crippen molar-refractivity contribution < 1.29 is 43.5 Å². The molecule has 5 nitrogen and oxygen atoms in total. The predicted molar refractivity (Wildman–Crippen MR) is 146 cm³/mol. The first-order chi connectivity index (χ1) is 16.9. The third-order valence-electron chi connectivity index (χ3n) is 12.0. The second-order valence-electron chi connectivity index (χ2n) is 14.4. The van der Waals surface area contributed by atoms with E-state index >= 15 is 0 Å². The van der Waals surface area contributed by atoms with Gasteiger partial charge in [-0.15, -0.1) is 0 Å². The van der Waals surface area contributed by atoms with E-state index < -0.39 is 0 Å². The molecule has 4 fully saturated rings. The second kappa shape index (κ2) is 12.1. The Morgan fingerprint density at radius 2 is 1.84 bits per heavy atom. The van der Waals surface area contributed by atoms with Crippen LogP contribution in [0, 0.1) is 46.3 Å². The Morgan fingerprint density at radius 3 is 2.54 bits per heavy atom. The SMILES string of the molecule is C=CC[N+](C)(C)CCNC(=O)CC[C@@H](C)[C@H]1CCC2C3CCC4C[C@H](O)CC[C@]4(C)C3C[C@H](O)[C@@]21C.[I-]. The van der Waals surface area contributed by atoms with Crippen LogP contribution < -0.4 is 29.3 Å². The minimum Gasteiger partial charge on any atom is -1.00 e. The van der Waals surface area contributed by atoms with Crippen LogP contribution in [0.25, 0.3) is 0 Å². The number of nitrogens with one attached hydrogen (secondary N) is 1. The molecule has 214 valence electrons. The van der Waals surface area contributed by atoms with Crippen molar-refractivity contribution in [1.29, 1.82) is 0 Å². The van der Waals surface area contributed by atoms with Crippen molar-refractivity contribution >= 4 is 5.91 Å². The van der Waals surface area contributed by atoms with Gasteiger partial charge in [-0.2, -0.15) is 0 Å². The van der Waals surface area contributed by atoms with Crippen molar-refractivity contribution in [2.75, 3.05) is 33.7 Å². The van der Waals surface area contributed by atoms with Crippen LogP contribution in [0.4, 0.5) is 0 Å². The van der Waals surface area contributed by atoms with Crippen molar-refractivity contribution in [3.63, 3.8) is 0 Å². The maximum Gasteiger partial charge on any atom is 0.220 e. The number of likely N-dealkylation sites (N-methyl/N-ethyl adjacent to an activating group) is 1. The summed E-state index contributed by atoms with van der Waals surface area (Å²) >= 11 is 0. The third-order valence-corrected chi connectivity index (χ3v) is 12.0. The number of halogens is 1. The number of fused-ring (bicyclic) bond motifs is 5. The second-order valence-corrected chi connectivity index (χ2v) is 14.4. The summed E-state index contributed by atoms with van der Waals surface area (Å²) in [6, 6.07) is 0. The summed E-state index contributed by atoms with van der Waals surface area (Å²) in [6.45, 7) is 13.6. The molecule has 3 N–H and O–H groups in total. The molecule has 0 saturated heterocycles. The molecule has 4 rings (SSSR count). The summed E-state index contributed by atoms with van der Waals surface area (Å²) in [5.41, 5.74) is 0.256. The molecular weight excluding hydrogens is 575 g/mol. The number of hydrogen-bond donors (Lipinski definition) is 3. The number of nitrogens with zero attached hydrogens (tertiary/aromatic N) is 1. The number of hydrogen-bond acceptors (Lipinski definition) is 3. The summed E-state index contributed by atoms with van der Waals surface area (Å²) in [4.78, 5) is 12.6. The van der Waals surface area contributed by atoms with Gasteiger partial charge in [0.1, 0.15) is 0 Å². The normalized spacial score (nSPS) is 42.0. The summed E-state index contributed by atoms with van der Waals surface area (Å²) in [7, 11) is 4.33. The van der Waals surface area contributed by atoms with Crippen LogP contribution in [0.3, 0.4) is 0 Å². The van der Waals surface area contributed by atoms with Crippen LogP contribution in [0.15, 0.2) is 12.7 Å². The number of carbonyl (C=O) groups is 1. The highest BCUT2D eigenvalue weighted by Gasteiger charge is 2.63. The number of amides is 1. The fourth-order valence-electron chi connectivity index (χ4n) is 9.75. The molecule has 0 radical (unpaired) electrons. The highest BCUT2D eigenvalue weighted by molar-refractivity contribution is 5.75. The molecule has 0 aromatic rings. The first-order valence-corrected chi connectivity index (χ1v) is 15.0. The van der Waals surface area contributed by atoms with Crippen molar-refractivity contribution in [3.8, 4) is 0 Å². The Kier molecular flexibility index (Phi) is 10.3. The smallest absolute Gasteiger partial charge is 0.220 e. The van der Waals surface area contributed by atoms with Crippen molar-refractivity contribution in [3.05, 3.63) is 12.7 Å². The lowest BCUT2D eigenvalue weighted by Crippen LogP contribution is -3.00. The quantitative estimate of drug-likeness (QED) is 0.207. The van der Waals surface area contributed by atoms with E-state index in [1.807, 2.05) is 6.08 Å². The molecule has 4 aliphatic rings. The Labute approximate surface area is 243 Å². The number of quaternary nitrogens is 1. The van der Waals surface area contributed by atoms with Gasteiger partial charge in [0, 0.05) is 6.42 Å². The molecule has 4 aliphatic carbocycles. The van der Waals surface area contributed by atoms with Gasteiger partial charge in [-0.1, -0.05) is 27.4 Å². The minimum absolute atomic E-state index is 0. The van der Waals surface area contributed by atoms with Gasteiger partial charge in [0.15, 0.2) is 0 Å². The van der Waals surface area contributed by atoms with E-state index in [1.165, 1.54) is 25.7 Å². The van der Waals surface area contributed by atoms with E-state index in [9.17, 15) is 15.0 Å². The van der Waals surface area contributed by atoms with Gasteiger partial charge in [-0.05, 0) is 110 Å². The Balaban J connectivity index is 0.00000380. The van der Waals surface area contributed by atoms with Crippen LogP contribution in [0.2, 0.25) is 0 Å². The Bertz CT molecular complexity index is 805. The predicted octanol–water partition coefficient (Wildman–Crippen LogP) is 1.78. The molecular formula is C31H55IN2O3. The maximum atomic E-state index is 12.6. The lowest BCUT2D eigenvalue weighted by molar-refractivity contribution is -0.883. The van der Waals surface area contributed by atoms with Crippen LogP contribution in [0.5, 0.6) is 0 Å². The van der Waals surface area contributed by atoms with Gasteiger partial charge in [0.2, 0.25) is 5.91 Å². The summed E-state index contributed by atoms with van der Waals surface area (Å²) in [6.07, 6.45) is 11.9. The van der Waals surface area contributed by atoms with Gasteiger partial charge < -0.3 is 44.0 Å². The zero-order chi connectivity index (χ0) is 26.3. The van der Waals surface area contributed by atoms with Crippen LogP contribution >= 0.6 is 0 Å². The number of carbonyl (C=O) groups excluding carboxylic acids is 1. The van der Waals surface area contributed by atoms with E-state index in [4.69, 9.17) is 0 Å². The zero-order valence-electron chi connectivity index (χ0n) is 24.2. The Hall–Kier alpha value is -0.180. The standard InChI is InChI=1S/C31H54N2O3.HI/c1-7-17-33(5,6)18-16-32-29(36)13-8-21(2)25-11-12-26-24-10-9-22-19-23(34)14-15-30(22,3)27(24)20-28(35)31(25,26)4;/h7,21-28,34-35H,1,8-20H2,2-6H3;1H/t21-,22?,23-,24?,25-,26?,27?,28+,30+,31-;/m1./s1. The molecule has 6 heteroatoms. The van der Waals surface area contributed by atoms with Crippen LogP contribution in [-0.4, -0.2) is 66.5 Å². The fourth-order valence-corrected chi connectivity index (χ4v) is 9.75. The lowest BCUT2D eigenvalue weighted by Gasteiger charge is -2.62. The molecule has 37 heavy (non-hydrogen) atoms. The van der Waals surface area contributed by atoms with Crippen molar-refractivity contribution in [1.82, 2.24) is 5.32 Å². The van der Waals surface area contributed by atoms with Crippen molar-refractivity contribution in [2.45, 2.75) is 97.2 Å². The van der Waals surface area contributed by atoms with Gasteiger partial charge in [-0.3, -0.25) is 4.79 Å². The van der Waals surface area contributed by atoms with E-state index in [0.29, 0.717) is 48.5 Å². The number of rotatable bonds is 9. The maximum absolute atomic E-state index is 12.6. The largest absolute Gasteiger partial charge is 1.00 e. The van der Waals surface area contributed by atoms with Crippen LogP contribution in [0.1, 0.15) is 85.0 Å². The molecule has 0 aromatic heterocycles. The monoisotopic (exact) mass is 630 g/mol. The van der Waals surface area contributed by atoms with Crippen molar-refractivity contribution in [2.24, 2.45) is 46.3 Å². The molecule has 10 atom stereocenters. The molecule has 0 spiro atoms. The van der Waals surface area contributed by atoms with E-state index in [0.717, 1.165) is 49.7 Å². The summed E-state index contributed by atoms with van der Waals surface area (Å²) in [5.74, 6) is 3.63. The first-order valence-electron chi connectivity index (χ1n) is 15.0.